The second-order valence-corrected chi connectivity index (χ2v) is 5.06. The molecule has 0 amide bonds. The molecule has 0 saturated carbocycles. The minimum Gasteiger partial charge on any atom is -0.486 e. The SMILES string of the molecule is CCN=C1NN=C(c2ccc3c(c2)OCCO3)CS1. The molecule has 6 heteroatoms. The number of hydrogen-bond acceptors (Lipinski definition) is 5. The van der Waals surface area contributed by atoms with E-state index in [1.54, 1.807) is 11.8 Å². The lowest BCUT2D eigenvalue weighted by atomic mass is 10.1. The Morgan fingerprint density at radius 3 is 2.89 bits per heavy atom. The van der Waals surface area contributed by atoms with Crippen molar-refractivity contribution >= 4 is 22.6 Å². The number of amidine groups is 1. The van der Waals surface area contributed by atoms with Gasteiger partial charge in [0.25, 0.3) is 0 Å². The third kappa shape index (κ3) is 2.68. The van der Waals surface area contributed by atoms with Crippen molar-refractivity contribution in [1.29, 1.82) is 0 Å². The number of hydrogen-bond donors (Lipinski definition) is 1. The molecule has 0 atom stereocenters. The molecule has 2 aliphatic heterocycles. The standard InChI is InChI=1S/C13H15N3O2S/c1-2-14-13-16-15-10(8-19-13)9-3-4-11-12(7-9)18-6-5-17-11/h3-4,7H,2,5-6,8H2,1H3,(H,14,16). The number of hydrazone groups is 1. The molecule has 0 aliphatic carbocycles. The fraction of sp³-hybridized carbons (Fsp3) is 0.385. The zero-order chi connectivity index (χ0) is 13.1. The molecule has 0 unspecified atom stereocenters. The first-order valence-corrected chi connectivity index (χ1v) is 7.25. The summed E-state index contributed by atoms with van der Waals surface area (Å²) in [5.74, 6) is 2.41. The van der Waals surface area contributed by atoms with Crippen LogP contribution in [-0.2, 0) is 0 Å². The molecule has 0 bridgehead atoms. The predicted molar refractivity (Wildman–Crippen MR) is 77.5 cm³/mol. The van der Waals surface area contributed by atoms with Crippen LogP contribution in [-0.4, -0.2) is 36.4 Å². The molecular formula is C13H15N3O2S. The predicted octanol–water partition coefficient (Wildman–Crippen LogP) is 1.87. The van der Waals surface area contributed by atoms with Crippen molar-refractivity contribution < 1.29 is 9.47 Å². The van der Waals surface area contributed by atoms with E-state index in [2.05, 4.69) is 15.5 Å². The quantitative estimate of drug-likeness (QED) is 0.896. The number of ether oxygens (including phenoxy) is 2. The zero-order valence-electron chi connectivity index (χ0n) is 10.7. The van der Waals surface area contributed by atoms with E-state index in [-0.39, 0.29) is 0 Å². The second-order valence-electron chi connectivity index (χ2n) is 4.10. The molecule has 1 N–H and O–H groups in total. The molecule has 100 valence electrons. The van der Waals surface area contributed by atoms with Crippen molar-refractivity contribution in [3.05, 3.63) is 23.8 Å². The fourth-order valence-electron chi connectivity index (χ4n) is 1.91. The summed E-state index contributed by atoms with van der Waals surface area (Å²) in [6, 6.07) is 5.93. The topological polar surface area (TPSA) is 55.2 Å². The highest BCUT2D eigenvalue weighted by atomic mass is 32.2. The Balaban J connectivity index is 1.81. The first kappa shape index (κ1) is 12.3. The van der Waals surface area contributed by atoms with Gasteiger partial charge in [-0.3, -0.25) is 10.4 Å². The molecule has 1 aromatic rings. The molecule has 2 aliphatic rings. The first-order valence-electron chi connectivity index (χ1n) is 6.26. The van der Waals surface area contributed by atoms with E-state index in [4.69, 9.17) is 9.47 Å². The van der Waals surface area contributed by atoms with Gasteiger partial charge >= 0.3 is 0 Å². The van der Waals surface area contributed by atoms with Crippen molar-refractivity contribution in [2.24, 2.45) is 10.1 Å². The number of benzene rings is 1. The van der Waals surface area contributed by atoms with Gasteiger partial charge < -0.3 is 9.47 Å². The van der Waals surface area contributed by atoms with Crippen molar-refractivity contribution in [2.45, 2.75) is 6.92 Å². The average molecular weight is 277 g/mol. The molecular weight excluding hydrogens is 262 g/mol. The molecule has 0 radical (unpaired) electrons. The number of nitrogens with one attached hydrogen (secondary N) is 1. The maximum atomic E-state index is 5.58. The van der Waals surface area contributed by atoms with Crippen LogP contribution in [0.4, 0.5) is 0 Å². The highest BCUT2D eigenvalue weighted by Gasteiger charge is 2.17. The number of fused-ring (bicyclic) bond motifs is 1. The average Bonchev–Trinajstić information content (AvgIpc) is 2.48. The van der Waals surface area contributed by atoms with E-state index < -0.39 is 0 Å². The van der Waals surface area contributed by atoms with Crippen LogP contribution in [0.3, 0.4) is 0 Å². The third-order valence-corrected chi connectivity index (χ3v) is 3.72. The lowest BCUT2D eigenvalue weighted by molar-refractivity contribution is 0.171. The van der Waals surface area contributed by atoms with E-state index in [9.17, 15) is 0 Å². The monoisotopic (exact) mass is 277 g/mol. The van der Waals surface area contributed by atoms with Gasteiger partial charge in [0.05, 0.1) is 5.71 Å². The van der Waals surface area contributed by atoms with Gasteiger partial charge in [-0.25, -0.2) is 0 Å². The van der Waals surface area contributed by atoms with Crippen molar-refractivity contribution in [1.82, 2.24) is 5.43 Å². The van der Waals surface area contributed by atoms with Crippen LogP contribution >= 0.6 is 11.8 Å². The van der Waals surface area contributed by atoms with Crippen LogP contribution in [0.2, 0.25) is 0 Å². The highest BCUT2D eigenvalue weighted by molar-refractivity contribution is 8.14. The molecule has 3 rings (SSSR count). The van der Waals surface area contributed by atoms with E-state index >= 15 is 0 Å². The lowest BCUT2D eigenvalue weighted by Crippen LogP contribution is -2.25. The van der Waals surface area contributed by atoms with Crippen LogP contribution in [0.15, 0.2) is 28.3 Å². The maximum absolute atomic E-state index is 5.58. The molecule has 5 nitrogen and oxygen atoms in total. The van der Waals surface area contributed by atoms with Gasteiger partial charge in [0.1, 0.15) is 13.2 Å². The molecule has 0 fully saturated rings. The Kier molecular flexibility index (Phi) is 3.59. The summed E-state index contributed by atoms with van der Waals surface area (Å²) >= 11 is 1.66. The largest absolute Gasteiger partial charge is 0.486 e. The van der Waals surface area contributed by atoms with Crippen LogP contribution in [0.1, 0.15) is 12.5 Å². The van der Waals surface area contributed by atoms with Crippen LogP contribution in [0, 0.1) is 0 Å². The number of rotatable bonds is 2. The van der Waals surface area contributed by atoms with Gasteiger partial charge in [0.15, 0.2) is 16.7 Å². The van der Waals surface area contributed by atoms with Gasteiger partial charge in [-0.05, 0) is 25.1 Å². The smallest absolute Gasteiger partial charge is 0.177 e. The van der Waals surface area contributed by atoms with E-state index in [1.165, 1.54) is 0 Å². The number of nitrogens with zero attached hydrogens (tertiary/aromatic N) is 2. The Hall–Kier alpha value is -1.69. The number of aliphatic imine (C=N–C) groups is 1. The fourth-order valence-corrected chi connectivity index (χ4v) is 2.75. The second kappa shape index (κ2) is 5.52. The van der Waals surface area contributed by atoms with Gasteiger partial charge in [-0.1, -0.05) is 11.8 Å². The van der Waals surface area contributed by atoms with Crippen molar-refractivity contribution in [2.75, 3.05) is 25.5 Å². The van der Waals surface area contributed by atoms with Gasteiger partial charge in [-0.15, -0.1) is 0 Å². The van der Waals surface area contributed by atoms with E-state index in [1.807, 2.05) is 25.1 Å². The van der Waals surface area contributed by atoms with Gasteiger partial charge in [-0.2, -0.15) is 5.10 Å². The van der Waals surface area contributed by atoms with Crippen LogP contribution in [0.25, 0.3) is 0 Å². The lowest BCUT2D eigenvalue weighted by Gasteiger charge is -2.20. The van der Waals surface area contributed by atoms with E-state index in [0.717, 1.165) is 40.2 Å². The third-order valence-electron chi connectivity index (χ3n) is 2.81. The molecule has 2 heterocycles. The molecule has 0 saturated heterocycles. The minimum absolute atomic E-state index is 0.600. The molecule has 0 aromatic heterocycles. The van der Waals surface area contributed by atoms with Crippen LogP contribution in [0.5, 0.6) is 11.5 Å². The summed E-state index contributed by atoms with van der Waals surface area (Å²) < 4.78 is 11.1. The van der Waals surface area contributed by atoms with Crippen molar-refractivity contribution in [3.8, 4) is 11.5 Å². The summed E-state index contributed by atoms with van der Waals surface area (Å²) in [6.07, 6.45) is 0. The Morgan fingerprint density at radius 2 is 2.16 bits per heavy atom. The number of thioether (sulfide) groups is 1. The normalized spacial score (nSPS) is 19.8. The summed E-state index contributed by atoms with van der Waals surface area (Å²) in [7, 11) is 0. The summed E-state index contributed by atoms with van der Waals surface area (Å²) in [4.78, 5) is 4.30. The van der Waals surface area contributed by atoms with Gasteiger partial charge in [0.2, 0.25) is 0 Å². The molecule has 1 aromatic carbocycles. The minimum atomic E-state index is 0.600. The summed E-state index contributed by atoms with van der Waals surface area (Å²) in [5, 5.41) is 5.25. The molecule has 0 spiro atoms. The highest BCUT2D eigenvalue weighted by Crippen LogP contribution is 2.31. The van der Waals surface area contributed by atoms with Gasteiger partial charge in [0, 0.05) is 17.9 Å². The Labute approximate surface area is 116 Å². The van der Waals surface area contributed by atoms with Crippen LogP contribution < -0.4 is 14.9 Å². The zero-order valence-corrected chi connectivity index (χ0v) is 11.5. The Morgan fingerprint density at radius 1 is 1.32 bits per heavy atom. The first-order chi connectivity index (χ1) is 9.36. The summed E-state index contributed by atoms with van der Waals surface area (Å²) in [5.41, 5.74) is 5.03. The maximum Gasteiger partial charge on any atom is 0.177 e. The van der Waals surface area contributed by atoms with Crippen molar-refractivity contribution in [3.63, 3.8) is 0 Å². The summed E-state index contributed by atoms with van der Waals surface area (Å²) in [6.45, 7) is 3.99. The van der Waals surface area contributed by atoms with E-state index in [0.29, 0.717) is 13.2 Å². The Bertz CT molecular complexity index is 543. The molecule has 19 heavy (non-hydrogen) atoms.